The zero-order valence-electron chi connectivity index (χ0n) is 9.32. The molecule has 0 aliphatic heterocycles. The van der Waals surface area contributed by atoms with E-state index >= 15 is 0 Å². The van der Waals surface area contributed by atoms with Crippen LogP contribution in [0.3, 0.4) is 0 Å². The van der Waals surface area contributed by atoms with Crippen LogP contribution in [0.4, 0.5) is 5.00 Å². The van der Waals surface area contributed by atoms with Gasteiger partial charge in [0.25, 0.3) is 0 Å². The lowest BCUT2D eigenvalue weighted by atomic mass is 10.2. The molecule has 0 aromatic carbocycles. The maximum atomic E-state index is 11.7. The first-order valence-corrected chi connectivity index (χ1v) is 5.69. The van der Waals surface area contributed by atoms with Crippen LogP contribution in [0, 0.1) is 6.92 Å². The molecule has 8 nitrogen and oxygen atoms in total. The van der Waals surface area contributed by atoms with Gasteiger partial charge in [0.05, 0.1) is 11.9 Å². The molecule has 0 unspecified atom stereocenters. The van der Waals surface area contributed by atoms with Gasteiger partial charge in [-0.15, -0.1) is 5.10 Å². The van der Waals surface area contributed by atoms with E-state index in [0.29, 0.717) is 5.69 Å². The lowest BCUT2D eigenvalue weighted by Crippen LogP contribution is -2.19. The van der Waals surface area contributed by atoms with Crippen LogP contribution in [0.15, 0.2) is 12.4 Å². The third-order valence-corrected chi connectivity index (χ3v) is 2.96. The lowest BCUT2D eigenvalue weighted by Gasteiger charge is -2.03. The van der Waals surface area contributed by atoms with E-state index < -0.39 is 5.97 Å². The highest BCUT2D eigenvalue weighted by molar-refractivity contribution is 7.11. The Labute approximate surface area is 105 Å². The van der Waals surface area contributed by atoms with Gasteiger partial charge in [0.2, 0.25) is 5.91 Å². The van der Waals surface area contributed by atoms with Crippen LogP contribution in [0.25, 0.3) is 0 Å². The van der Waals surface area contributed by atoms with Crippen LogP contribution in [-0.4, -0.2) is 36.4 Å². The second kappa shape index (κ2) is 4.92. The highest BCUT2D eigenvalue weighted by Crippen LogP contribution is 2.24. The highest BCUT2D eigenvalue weighted by Gasteiger charge is 2.19. The Morgan fingerprint density at radius 3 is 2.94 bits per heavy atom. The number of aromatic nitrogens is 4. The molecule has 2 N–H and O–H groups in total. The van der Waals surface area contributed by atoms with Crippen LogP contribution in [-0.2, 0) is 11.3 Å². The van der Waals surface area contributed by atoms with E-state index in [2.05, 4.69) is 20.0 Å². The van der Waals surface area contributed by atoms with Crippen molar-refractivity contribution in [3.05, 3.63) is 23.7 Å². The topological polar surface area (TPSA) is 110 Å². The summed E-state index contributed by atoms with van der Waals surface area (Å²) in [5.74, 6) is -1.50. The molecule has 94 valence electrons. The maximum Gasteiger partial charge on any atom is 0.340 e. The molecule has 0 spiro atoms. The number of hydrogen-bond donors (Lipinski definition) is 2. The lowest BCUT2D eigenvalue weighted by molar-refractivity contribution is -0.116. The van der Waals surface area contributed by atoms with Crippen LogP contribution in [0.2, 0.25) is 0 Å². The van der Waals surface area contributed by atoms with Crippen LogP contribution < -0.4 is 5.32 Å². The Morgan fingerprint density at radius 2 is 2.33 bits per heavy atom. The summed E-state index contributed by atoms with van der Waals surface area (Å²) in [6.45, 7) is 1.54. The first-order valence-electron chi connectivity index (χ1n) is 4.91. The maximum absolute atomic E-state index is 11.7. The Hall–Kier alpha value is -2.29. The van der Waals surface area contributed by atoms with Crippen molar-refractivity contribution in [3.8, 4) is 0 Å². The van der Waals surface area contributed by atoms with Gasteiger partial charge in [-0.2, -0.15) is 4.37 Å². The number of hydrogen-bond acceptors (Lipinski definition) is 6. The normalized spacial score (nSPS) is 10.3. The van der Waals surface area contributed by atoms with Crippen LogP contribution >= 0.6 is 11.5 Å². The Balaban J connectivity index is 2.10. The first kappa shape index (κ1) is 12.2. The van der Waals surface area contributed by atoms with Gasteiger partial charge in [-0.25, -0.2) is 9.48 Å². The average Bonchev–Trinajstić information content (AvgIpc) is 2.88. The fraction of sp³-hybridized carbons (Fsp3) is 0.222. The molecule has 0 radical (unpaired) electrons. The van der Waals surface area contributed by atoms with Crippen molar-refractivity contribution in [2.24, 2.45) is 0 Å². The summed E-state index contributed by atoms with van der Waals surface area (Å²) >= 11 is 0.937. The van der Waals surface area contributed by atoms with E-state index in [1.165, 1.54) is 17.1 Å². The van der Waals surface area contributed by atoms with Gasteiger partial charge < -0.3 is 10.4 Å². The van der Waals surface area contributed by atoms with Crippen molar-refractivity contribution in [1.82, 2.24) is 19.4 Å². The highest BCUT2D eigenvalue weighted by atomic mass is 32.1. The molecule has 0 aliphatic carbocycles. The Morgan fingerprint density at radius 1 is 1.56 bits per heavy atom. The zero-order chi connectivity index (χ0) is 13.1. The summed E-state index contributed by atoms with van der Waals surface area (Å²) < 4.78 is 5.24. The number of carboxylic acids is 1. The molecule has 0 saturated heterocycles. The predicted molar refractivity (Wildman–Crippen MR) is 62.5 cm³/mol. The molecule has 0 aliphatic rings. The zero-order valence-corrected chi connectivity index (χ0v) is 10.1. The predicted octanol–water partition coefficient (Wildman–Crippen LogP) is 0.380. The van der Waals surface area contributed by atoms with E-state index in [4.69, 9.17) is 5.11 Å². The standard InChI is InChI=1S/C9H9N5O3S/c1-5-7(9(16)17)8(18-12-5)11-6(15)4-14-3-2-10-13-14/h2-3H,4H2,1H3,(H,11,15)(H,16,17). The van der Waals surface area contributed by atoms with Gasteiger partial charge in [-0.1, -0.05) is 5.21 Å². The summed E-state index contributed by atoms with van der Waals surface area (Å²) in [6, 6.07) is 0. The smallest absolute Gasteiger partial charge is 0.340 e. The second-order valence-electron chi connectivity index (χ2n) is 3.43. The number of rotatable bonds is 4. The molecule has 0 saturated carbocycles. The van der Waals surface area contributed by atoms with Crippen molar-refractivity contribution in [1.29, 1.82) is 0 Å². The van der Waals surface area contributed by atoms with Crippen molar-refractivity contribution in [2.75, 3.05) is 5.32 Å². The van der Waals surface area contributed by atoms with E-state index in [9.17, 15) is 9.59 Å². The molecule has 2 heterocycles. The van der Waals surface area contributed by atoms with Crippen LogP contribution in [0.5, 0.6) is 0 Å². The third kappa shape index (κ3) is 2.51. The number of carbonyl (C=O) groups is 2. The van der Waals surface area contributed by atoms with Crippen LogP contribution in [0.1, 0.15) is 16.1 Å². The molecule has 0 bridgehead atoms. The number of aryl methyl sites for hydroxylation is 1. The van der Waals surface area contributed by atoms with Gasteiger partial charge in [0.1, 0.15) is 17.1 Å². The van der Waals surface area contributed by atoms with Crippen molar-refractivity contribution >= 4 is 28.4 Å². The number of carboxylic acid groups (broad SMARTS) is 1. The number of anilines is 1. The quantitative estimate of drug-likeness (QED) is 0.828. The molecule has 2 aromatic rings. The SMILES string of the molecule is Cc1nsc(NC(=O)Cn2ccnn2)c1C(=O)O. The van der Waals surface area contributed by atoms with E-state index in [1.54, 1.807) is 6.92 Å². The minimum atomic E-state index is -1.11. The molecular weight excluding hydrogens is 258 g/mol. The van der Waals surface area contributed by atoms with Gasteiger partial charge in [0.15, 0.2) is 0 Å². The Kier molecular flexibility index (Phi) is 3.33. The largest absolute Gasteiger partial charge is 0.478 e. The number of carbonyl (C=O) groups excluding carboxylic acids is 1. The molecule has 18 heavy (non-hydrogen) atoms. The molecule has 0 fully saturated rings. The molecular formula is C9H9N5O3S. The molecule has 0 atom stereocenters. The second-order valence-corrected chi connectivity index (χ2v) is 4.20. The van der Waals surface area contributed by atoms with E-state index in [0.717, 1.165) is 11.5 Å². The molecule has 2 aromatic heterocycles. The number of nitrogens with one attached hydrogen (secondary N) is 1. The molecule has 2 rings (SSSR count). The first-order chi connectivity index (χ1) is 8.58. The van der Waals surface area contributed by atoms with Crippen molar-refractivity contribution < 1.29 is 14.7 Å². The molecule has 1 amide bonds. The number of nitrogens with zero attached hydrogens (tertiary/aromatic N) is 4. The van der Waals surface area contributed by atoms with Gasteiger partial charge in [0, 0.05) is 6.20 Å². The van der Waals surface area contributed by atoms with Crippen molar-refractivity contribution in [2.45, 2.75) is 13.5 Å². The number of amides is 1. The summed E-state index contributed by atoms with van der Waals surface area (Å²) in [4.78, 5) is 22.6. The van der Waals surface area contributed by atoms with Gasteiger partial charge in [-0.3, -0.25) is 4.79 Å². The fourth-order valence-electron chi connectivity index (χ4n) is 1.34. The Bertz CT molecular complexity index is 577. The van der Waals surface area contributed by atoms with E-state index in [-0.39, 0.29) is 23.0 Å². The summed E-state index contributed by atoms with van der Waals surface area (Å²) in [7, 11) is 0. The average molecular weight is 267 g/mol. The van der Waals surface area contributed by atoms with Crippen molar-refractivity contribution in [3.63, 3.8) is 0 Å². The molecule has 9 heteroatoms. The monoisotopic (exact) mass is 267 g/mol. The third-order valence-electron chi connectivity index (χ3n) is 2.11. The number of aromatic carboxylic acids is 1. The summed E-state index contributed by atoms with van der Waals surface area (Å²) in [5.41, 5.74) is 0.399. The van der Waals surface area contributed by atoms with Gasteiger partial charge in [-0.05, 0) is 18.5 Å². The summed E-state index contributed by atoms with van der Waals surface area (Å²) in [6.07, 6.45) is 2.99. The van der Waals surface area contributed by atoms with E-state index in [1.807, 2.05) is 0 Å². The minimum absolute atomic E-state index is 0.0203. The minimum Gasteiger partial charge on any atom is -0.478 e. The fourth-order valence-corrected chi connectivity index (χ4v) is 2.14. The van der Waals surface area contributed by atoms with Gasteiger partial charge >= 0.3 is 5.97 Å². The summed E-state index contributed by atoms with van der Waals surface area (Å²) in [5, 5.41) is 18.9.